The van der Waals surface area contributed by atoms with Gasteiger partial charge >= 0.3 is 5.97 Å². The maximum absolute atomic E-state index is 11.8. The quantitative estimate of drug-likeness (QED) is 0.101. The smallest absolute Gasteiger partial charge is 0.335 e. The van der Waals surface area contributed by atoms with Crippen LogP contribution in [0.5, 0.6) is 0 Å². The van der Waals surface area contributed by atoms with Gasteiger partial charge in [-0.25, -0.2) is 4.79 Å². The third-order valence-electron chi connectivity index (χ3n) is 11.3. The third-order valence-corrected chi connectivity index (χ3v) is 11.3. The van der Waals surface area contributed by atoms with Gasteiger partial charge < -0.3 is 14.6 Å². The molecule has 2 saturated carbocycles. The van der Waals surface area contributed by atoms with Crippen molar-refractivity contribution in [1.82, 2.24) is 0 Å². The van der Waals surface area contributed by atoms with Crippen molar-refractivity contribution < 1.29 is 19.4 Å². The first-order chi connectivity index (χ1) is 22.4. The van der Waals surface area contributed by atoms with E-state index in [0.29, 0.717) is 31.0 Å². The van der Waals surface area contributed by atoms with Crippen molar-refractivity contribution in [3.63, 3.8) is 0 Å². The topological polar surface area (TPSA) is 55.8 Å². The molecule has 1 unspecified atom stereocenters. The van der Waals surface area contributed by atoms with Crippen molar-refractivity contribution in [3.05, 3.63) is 71.3 Å². The number of unbranched alkanes of at least 4 members (excludes halogenated alkanes) is 2. The molecule has 2 fully saturated rings. The molecule has 0 spiro atoms. The normalized spacial score (nSPS) is 22.3. The fraction of sp³-hybridized carbons (Fsp3) is 0.643. The molecule has 4 heteroatoms. The summed E-state index contributed by atoms with van der Waals surface area (Å²) in [6.07, 6.45) is 20.3. The monoisotopic (exact) mass is 630 g/mol. The zero-order valence-corrected chi connectivity index (χ0v) is 29.2. The third kappa shape index (κ3) is 10.8. The van der Waals surface area contributed by atoms with Crippen molar-refractivity contribution in [2.24, 2.45) is 23.7 Å². The van der Waals surface area contributed by atoms with Crippen LogP contribution in [-0.2, 0) is 27.1 Å². The van der Waals surface area contributed by atoms with Crippen LogP contribution in [0.2, 0.25) is 0 Å². The molecule has 1 N–H and O–H groups in total. The summed E-state index contributed by atoms with van der Waals surface area (Å²) < 4.78 is 10.8. The van der Waals surface area contributed by atoms with Gasteiger partial charge in [0.05, 0.1) is 18.8 Å². The number of carbonyl (C=O) groups is 1. The van der Waals surface area contributed by atoms with Crippen LogP contribution >= 0.6 is 0 Å². The molecule has 254 valence electrons. The first-order valence-corrected chi connectivity index (χ1v) is 18.6. The number of rotatable bonds is 18. The van der Waals surface area contributed by atoms with Crippen molar-refractivity contribution in [2.75, 3.05) is 26.9 Å². The number of benzene rings is 2. The molecular weight excluding hydrogens is 568 g/mol. The van der Waals surface area contributed by atoms with Gasteiger partial charge in [-0.2, -0.15) is 0 Å². The predicted octanol–water partition coefficient (Wildman–Crippen LogP) is 10.3. The van der Waals surface area contributed by atoms with Gasteiger partial charge in [-0.05, 0) is 122 Å². The van der Waals surface area contributed by atoms with Gasteiger partial charge in [0.2, 0.25) is 0 Å². The number of carbonyl (C=O) groups excluding carboxylic acids is 1. The second-order valence-electron chi connectivity index (χ2n) is 14.4. The molecule has 0 heterocycles. The molecule has 0 aromatic heterocycles. The minimum Gasteiger partial charge on any atom is -0.462 e. The van der Waals surface area contributed by atoms with E-state index in [1.807, 2.05) is 0 Å². The lowest BCUT2D eigenvalue weighted by Crippen LogP contribution is -2.27. The highest BCUT2D eigenvalue weighted by atomic mass is 16.5. The van der Waals surface area contributed by atoms with Crippen molar-refractivity contribution >= 4 is 5.97 Å². The average molecular weight is 631 g/mol. The maximum atomic E-state index is 11.8. The highest BCUT2D eigenvalue weighted by Gasteiger charge is 2.29. The van der Waals surface area contributed by atoms with Gasteiger partial charge in [0.25, 0.3) is 0 Å². The molecular formula is C42H62O4. The van der Waals surface area contributed by atoms with E-state index in [0.717, 1.165) is 24.7 Å². The highest BCUT2D eigenvalue weighted by molar-refractivity contribution is 5.87. The average Bonchev–Trinajstić information content (AvgIpc) is 3.10. The summed E-state index contributed by atoms with van der Waals surface area (Å²) in [4.78, 5) is 11.8. The highest BCUT2D eigenvalue weighted by Crippen LogP contribution is 2.41. The molecule has 2 aromatic rings. The Morgan fingerprint density at radius 2 is 1.52 bits per heavy atom. The summed E-state index contributed by atoms with van der Waals surface area (Å²) in [6, 6.07) is 16.7. The summed E-state index contributed by atoms with van der Waals surface area (Å²) in [7, 11) is 1.76. The van der Waals surface area contributed by atoms with E-state index in [9.17, 15) is 4.79 Å². The Morgan fingerprint density at radius 1 is 0.870 bits per heavy atom. The van der Waals surface area contributed by atoms with Crippen molar-refractivity contribution in [1.29, 1.82) is 0 Å². The Balaban J connectivity index is 1.17. The molecule has 0 bridgehead atoms. The van der Waals surface area contributed by atoms with E-state index in [-0.39, 0.29) is 12.2 Å². The lowest BCUT2D eigenvalue weighted by atomic mass is 9.72. The number of ether oxygens (including phenoxy) is 2. The SMILES string of the molecule is C=C(CO)C(=O)OCCC(COC)C1CCC(CCC2CCC(c3ccc(-c4ccc(CCCCC)c(CC)c4)cc3)CC2)CC1. The predicted molar refractivity (Wildman–Crippen MR) is 191 cm³/mol. The van der Waals surface area contributed by atoms with E-state index >= 15 is 0 Å². The lowest BCUT2D eigenvalue weighted by molar-refractivity contribution is -0.140. The zero-order chi connectivity index (χ0) is 32.7. The van der Waals surface area contributed by atoms with Crippen LogP contribution in [0.15, 0.2) is 54.6 Å². The van der Waals surface area contributed by atoms with E-state index < -0.39 is 5.97 Å². The molecule has 2 aromatic carbocycles. The fourth-order valence-corrected chi connectivity index (χ4v) is 8.23. The van der Waals surface area contributed by atoms with Crippen LogP contribution in [0.1, 0.15) is 126 Å². The van der Waals surface area contributed by atoms with Gasteiger partial charge in [0, 0.05) is 13.7 Å². The van der Waals surface area contributed by atoms with Crippen LogP contribution in [0.4, 0.5) is 0 Å². The number of methoxy groups -OCH3 is 1. The number of hydrogen-bond donors (Lipinski definition) is 1. The molecule has 2 aliphatic carbocycles. The first-order valence-electron chi connectivity index (χ1n) is 18.6. The van der Waals surface area contributed by atoms with Crippen LogP contribution in [0, 0.1) is 23.7 Å². The standard InChI is InChI=1S/C42H62O4/c1-5-7-8-9-35-24-25-40(28-34(35)6-2)38-22-20-37(21-23-38)36-16-12-32(13-17-36)10-11-33-14-18-39(19-15-33)41(30-45-4)26-27-46-42(44)31(3)29-43/h20-25,28,32-33,36,39,41,43H,3,5-19,26-27,29-30H2,1-2,4H3. The minimum atomic E-state index is -0.492. The molecule has 0 aliphatic heterocycles. The molecule has 2 aliphatic rings. The lowest BCUT2D eigenvalue weighted by Gasteiger charge is -2.35. The molecule has 46 heavy (non-hydrogen) atoms. The number of aryl methyl sites for hydroxylation is 2. The number of aliphatic hydroxyl groups is 1. The molecule has 4 rings (SSSR count). The van der Waals surface area contributed by atoms with Crippen LogP contribution in [-0.4, -0.2) is 38.0 Å². The molecule has 0 amide bonds. The van der Waals surface area contributed by atoms with E-state index in [2.05, 4.69) is 62.9 Å². The van der Waals surface area contributed by atoms with Crippen molar-refractivity contribution in [3.8, 4) is 11.1 Å². The Bertz CT molecular complexity index is 1180. The van der Waals surface area contributed by atoms with E-state index in [1.165, 1.54) is 118 Å². The Labute approximate surface area is 280 Å². The van der Waals surface area contributed by atoms with Gasteiger partial charge in [-0.1, -0.05) is 101 Å². The molecule has 0 radical (unpaired) electrons. The van der Waals surface area contributed by atoms with Gasteiger partial charge in [0.1, 0.15) is 0 Å². The second kappa shape index (κ2) is 19.4. The van der Waals surface area contributed by atoms with Crippen LogP contribution in [0.3, 0.4) is 0 Å². The number of aliphatic hydroxyl groups excluding tert-OH is 1. The molecule has 4 nitrogen and oxygen atoms in total. The largest absolute Gasteiger partial charge is 0.462 e. The van der Waals surface area contributed by atoms with Crippen molar-refractivity contribution in [2.45, 2.75) is 122 Å². The van der Waals surface area contributed by atoms with Gasteiger partial charge in [-0.3, -0.25) is 0 Å². The summed E-state index contributed by atoms with van der Waals surface area (Å²) in [5, 5.41) is 9.07. The number of hydrogen-bond acceptors (Lipinski definition) is 4. The fourth-order valence-electron chi connectivity index (χ4n) is 8.23. The van der Waals surface area contributed by atoms with Gasteiger partial charge in [-0.15, -0.1) is 0 Å². The molecule has 0 saturated heterocycles. The minimum absolute atomic E-state index is 0.117. The van der Waals surface area contributed by atoms with E-state index in [4.69, 9.17) is 14.6 Å². The second-order valence-corrected chi connectivity index (χ2v) is 14.4. The summed E-state index contributed by atoms with van der Waals surface area (Å²) in [6.45, 7) is 8.85. The maximum Gasteiger partial charge on any atom is 0.335 e. The Kier molecular flexibility index (Phi) is 15.4. The summed E-state index contributed by atoms with van der Waals surface area (Å²) in [5.41, 5.74) is 7.42. The van der Waals surface area contributed by atoms with E-state index in [1.54, 1.807) is 7.11 Å². The molecule has 1 atom stereocenters. The summed E-state index contributed by atoms with van der Waals surface area (Å²) >= 11 is 0. The first kappa shape index (κ1) is 36.4. The Morgan fingerprint density at radius 3 is 2.13 bits per heavy atom. The summed E-state index contributed by atoms with van der Waals surface area (Å²) in [5.74, 6) is 3.03. The van der Waals surface area contributed by atoms with Crippen LogP contribution in [0.25, 0.3) is 11.1 Å². The Hall–Kier alpha value is -2.43. The van der Waals surface area contributed by atoms with Gasteiger partial charge in [0.15, 0.2) is 0 Å². The zero-order valence-electron chi connectivity index (χ0n) is 29.2. The van der Waals surface area contributed by atoms with Crippen LogP contribution < -0.4 is 0 Å². The number of esters is 1.